The zero-order chi connectivity index (χ0) is 21.1. The fourth-order valence-corrected chi connectivity index (χ4v) is 6.66. The Hall–Kier alpha value is -1.43. The summed E-state index contributed by atoms with van der Waals surface area (Å²) in [6, 6.07) is 0. The molecule has 2 bridgehead atoms. The van der Waals surface area contributed by atoms with Crippen molar-refractivity contribution in [2.75, 3.05) is 6.61 Å². The fraction of sp³-hybridized carbons (Fsp3) is 0.870. The molecule has 0 aromatic carbocycles. The highest BCUT2D eigenvalue weighted by atomic mass is 16.6. The molecule has 4 fully saturated rings. The third kappa shape index (κ3) is 3.62. The Labute approximate surface area is 173 Å². The van der Waals surface area contributed by atoms with Gasteiger partial charge in [0.05, 0.1) is 23.9 Å². The second-order valence-electron chi connectivity index (χ2n) is 10.7. The number of ether oxygens (including phenoxy) is 3. The Morgan fingerprint density at radius 2 is 1.76 bits per heavy atom. The quantitative estimate of drug-likeness (QED) is 0.528. The van der Waals surface area contributed by atoms with Crippen molar-refractivity contribution in [1.82, 2.24) is 0 Å². The summed E-state index contributed by atoms with van der Waals surface area (Å²) in [7, 11) is 0. The topological polar surface area (TPSA) is 78.9 Å². The second-order valence-corrected chi connectivity index (χ2v) is 10.7. The first-order valence-corrected chi connectivity index (χ1v) is 11.2. The third-order valence-electron chi connectivity index (χ3n) is 7.76. The number of carbonyl (C=O) groups excluding carboxylic acids is 3. The summed E-state index contributed by atoms with van der Waals surface area (Å²) in [5.41, 5.74) is -0.497. The summed E-state index contributed by atoms with van der Waals surface area (Å²) < 4.78 is 16.8. The maximum absolute atomic E-state index is 12.8. The molecule has 0 spiro atoms. The molecule has 6 heteroatoms. The molecule has 4 rings (SSSR count). The van der Waals surface area contributed by atoms with Gasteiger partial charge in [-0.15, -0.1) is 0 Å². The highest BCUT2D eigenvalue weighted by Gasteiger charge is 2.62. The Kier molecular flexibility index (Phi) is 5.29. The van der Waals surface area contributed by atoms with E-state index in [9.17, 15) is 14.4 Å². The van der Waals surface area contributed by atoms with Crippen LogP contribution < -0.4 is 0 Å². The lowest BCUT2D eigenvalue weighted by molar-refractivity contribution is -0.164. The SMILES string of the molecule is CC1CCCOC1C1C(=O)OC(=O)C1C1C2CC(C(=O)OC(C)(C)C)C(C2)C1C. The summed E-state index contributed by atoms with van der Waals surface area (Å²) in [4.78, 5) is 38.1. The largest absolute Gasteiger partial charge is 0.460 e. The molecule has 0 radical (unpaired) electrons. The van der Waals surface area contributed by atoms with Crippen LogP contribution in [-0.2, 0) is 28.6 Å². The van der Waals surface area contributed by atoms with Gasteiger partial charge in [-0.1, -0.05) is 13.8 Å². The van der Waals surface area contributed by atoms with Gasteiger partial charge in [0.1, 0.15) is 5.60 Å². The predicted molar refractivity (Wildman–Crippen MR) is 104 cm³/mol. The molecule has 0 N–H and O–H groups in total. The van der Waals surface area contributed by atoms with Crippen LogP contribution in [0.15, 0.2) is 0 Å². The number of hydrogen-bond acceptors (Lipinski definition) is 6. The van der Waals surface area contributed by atoms with Crippen LogP contribution in [-0.4, -0.2) is 36.2 Å². The molecule has 4 aliphatic rings. The minimum atomic E-state index is -0.510. The lowest BCUT2D eigenvalue weighted by atomic mass is 9.65. The molecule has 9 unspecified atom stereocenters. The first-order valence-electron chi connectivity index (χ1n) is 11.2. The van der Waals surface area contributed by atoms with E-state index in [1.54, 1.807) is 0 Å². The first kappa shape index (κ1) is 20.8. The van der Waals surface area contributed by atoms with Gasteiger partial charge in [0.25, 0.3) is 0 Å². The summed E-state index contributed by atoms with van der Waals surface area (Å²) in [6.45, 7) is 10.5. The van der Waals surface area contributed by atoms with Crippen LogP contribution in [0.25, 0.3) is 0 Å². The van der Waals surface area contributed by atoms with Crippen molar-refractivity contribution in [3.63, 3.8) is 0 Å². The third-order valence-corrected chi connectivity index (χ3v) is 7.76. The van der Waals surface area contributed by atoms with E-state index in [2.05, 4.69) is 13.8 Å². The van der Waals surface area contributed by atoms with Crippen LogP contribution in [0.2, 0.25) is 0 Å². The molecule has 9 atom stereocenters. The van der Waals surface area contributed by atoms with Crippen LogP contribution in [0.1, 0.15) is 60.3 Å². The molecular formula is C23H34O6. The Bertz CT molecular complexity index is 692. The van der Waals surface area contributed by atoms with E-state index in [0.29, 0.717) is 6.61 Å². The Morgan fingerprint density at radius 3 is 2.38 bits per heavy atom. The fourth-order valence-electron chi connectivity index (χ4n) is 6.66. The highest BCUT2D eigenvalue weighted by molar-refractivity contribution is 5.97. The average molecular weight is 407 g/mol. The molecule has 6 nitrogen and oxygen atoms in total. The van der Waals surface area contributed by atoms with Gasteiger partial charge in [-0.2, -0.15) is 0 Å². The number of esters is 3. The van der Waals surface area contributed by atoms with Crippen molar-refractivity contribution in [3.05, 3.63) is 0 Å². The van der Waals surface area contributed by atoms with Crippen LogP contribution in [0.4, 0.5) is 0 Å². The van der Waals surface area contributed by atoms with Crippen molar-refractivity contribution in [2.45, 2.75) is 72.0 Å². The predicted octanol–water partition coefficient (Wildman–Crippen LogP) is 3.37. The molecule has 0 aromatic heterocycles. The standard InChI is InChI=1S/C23H34O6/c1-11-7-6-8-27-19(11)18-17(21(25)28-22(18)26)16-12(2)14-9-13(16)10-15(14)20(24)29-23(3,4)5/h11-19H,6-10H2,1-5H3. The van der Waals surface area contributed by atoms with E-state index in [4.69, 9.17) is 14.2 Å². The monoisotopic (exact) mass is 406 g/mol. The lowest BCUT2D eigenvalue weighted by Gasteiger charge is -2.40. The van der Waals surface area contributed by atoms with Crippen LogP contribution in [0.3, 0.4) is 0 Å². The molecule has 0 amide bonds. The molecular weight excluding hydrogens is 372 g/mol. The maximum Gasteiger partial charge on any atom is 0.320 e. The van der Waals surface area contributed by atoms with Crippen LogP contribution >= 0.6 is 0 Å². The smallest absolute Gasteiger partial charge is 0.320 e. The molecule has 2 saturated carbocycles. The summed E-state index contributed by atoms with van der Waals surface area (Å²) in [5, 5.41) is 0. The van der Waals surface area contributed by atoms with E-state index in [1.165, 1.54) is 0 Å². The van der Waals surface area contributed by atoms with Gasteiger partial charge in [-0.05, 0) is 76.0 Å². The van der Waals surface area contributed by atoms with E-state index >= 15 is 0 Å². The first-order chi connectivity index (χ1) is 13.6. The van der Waals surface area contributed by atoms with E-state index < -0.39 is 23.4 Å². The van der Waals surface area contributed by atoms with Gasteiger partial charge in [-0.3, -0.25) is 14.4 Å². The molecule has 2 saturated heterocycles. The average Bonchev–Trinajstić information content (AvgIpc) is 3.25. The summed E-state index contributed by atoms with van der Waals surface area (Å²) >= 11 is 0. The molecule has 2 aliphatic carbocycles. The van der Waals surface area contributed by atoms with E-state index in [0.717, 1.165) is 25.7 Å². The lowest BCUT2D eigenvalue weighted by Crippen LogP contribution is -2.45. The number of carbonyl (C=O) groups is 3. The Balaban J connectivity index is 1.54. The van der Waals surface area contributed by atoms with Crippen molar-refractivity contribution in [1.29, 1.82) is 0 Å². The van der Waals surface area contributed by atoms with E-state index in [-0.39, 0.29) is 53.6 Å². The van der Waals surface area contributed by atoms with Gasteiger partial charge in [0.15, 0.2) is 0 Å². The highest BCUT2D eigenvalue weighted by Crippen LogP contribution is 2.60. The van der Waals surface area contributed by atoms with Gasteiger partial charge in [0.2, 0.25) is 0 Å². The maximum atomic E-state index is 12.8. The molecule has 0 aromatic rings. The van der Waals surface area contributed by atoms with Gasteiger partial charge >= 0.3 is 17.9 Å². The van der Waals surface area contributed by atoms with Crippen LogP contribution in [0, 0.1) is 47.3 Å². The minimum Gasteiger partial charge on any atom is -0.460 e. The number of hydrogen-bond donors (Lipinski definition) is 0. The number of cyclic esters (lactones) is 2. The van der Waals surface area contributed by atoms with Crippen molar-refractivity contribution < 1.29 is 28.6 Å². The van der Waals surface area contributed by atoms with Gasteiger partial charge in [-0.25, -0.2) is 0 Å². The summed E-state index contributed by atoms with van der Waals surface area (Å²) in [5.74, 6) is -1.07. The number of rotatable bonds is 3. The molecule has 29 heavy (non-hydrogen) atoms. The minimum absolute atomic E-state index is 0.0698. The molecule has 2 heterocycles. The second kappa shape index (κ2) is 7.36. The Morgan fingerprint density at radius 1 is 1.07 bits per heavy atom. The zero-order valence-electron chi connectivity index (χ0n) is 18.2. The molecule has 162 valence electrons. The van der Waals surface area contributed by atoms with Gasteiger partial charge < -0.3 is 14.2 Å². The van der Waals surface area contributed by atoms with Crippen molar-refractivity contribution in [3.8, 4) is 0 Å². The van der Waals surface area contributed by atoms with Crippen molar-refractivity contribution >= 4 is 17.9 Å². The summed E-state index contributed by atoms with van der Waals surface area (Å²) in [6.07, 6.45) is 3.39. The van der Waals surface area contributed by atoms with Gasteiger partial charge in [0, 0.05) is 6.61 Å². The number of fused-ring (bicyclic) bond motifs is 2. The van der Waals surface area contributed by atoms with Crippen molar-refractivity contribution in [2.24, 2.45) is 47.3 Å². The zero-order valence-corrected chi connectivity index (χ0v) is 18.2. The van der Waals surface area contributed by atoms with Crippen LogP contribution in [0.5, 0.6) is 0 Å². The van der Waals surface area contributed by atoms with E-state index in [1.807, 2.05) is 20.8 Å². The normalized spacial score (nSPS) is 44.8. The molecule has 2 aliphatic heterocycles.